The van der Waals surface area contributed by atoms with Crippen LogP contribution in [0, 0.1) is 20.7 Å². The average Bonchev–Trinajstić information content (AvgIpc) is 2.72. The Morgan fingerprint density at radius 3 is 2.50 bits per heavy atom. The molecule has 3 rings (SSSR count). The van der Waals surface area contributed by atoms with E-state index in [9.17, 15) is 9.65 Å². The summed E-state index contributed by atoms with van der Waals surface area (Å²) in [6.07, 6.45) is 1.63. The lowest BCUT2D eigenvalue weighted by molar-refractivity contribution is 0.284. The number of ether oxygens (including phenoxy) is 2. The van der Waals surface area contributed by atoms with Crippen molar-refractivity contribution >= 4 is 34.2 Å². The Balaban J connectivity index is 1.83. The van der Waals surface area contributed by atoms with E-state index in [1.54, 1.807) is 43.5 Å². The Hall–Kier alpha value is -2.85. The minimum atomic E-state index is -0.431. The summed E-state index contributed by atoms with van der Waals surface area (Å²) in [5, 5.41) is 9.43. The molecule has 0 aliphatic heterocycles. The number of nitrogens with zero attached hydrogens (tertiary/aromatic N) is 1. The summed E-state index contributed by atoms with van der Waals surface area (Å²) in [4.78, 5) is 0. The number of rotatable bonds is 6. The minimum Gasteiger partial charge on any atom is -0.493 e. The molecule has 0 atom stereocenters. The maximum atomic E-state index is 14.0. The van der Waals surface area contributed by atoms with Gasteiger partial charge in [0.05, 0.1) is 18.8 Å². The van der Waals surface area contributed by atoms with Gasteiger partial charge in [-0.15, -0.1) is 0 Å². The molecule has 0 aromatic heterocycles. The number of nitriles is 1. The second-order valence-corrected chi connectivity index (χ2v) is 7.22. The normalized spacial score (nSPS) is 11.0. The molecule has 0 saturated carbocycles. The minimum absolute atomic E-state index is 0.243. The maximum absolute atomic E-state index is 14.0. The van der Waals surface area contributed by atoms with E-state index >= 15 is 0 Å². The molecule has 0 aliphatic rings. The van der Waals surface area contributed by atoms with Gasteiger partial charge in [0.2, 0.25) is 0 Å². The van der Waals surface area contributed by atoms with Crippen LogP contribution in [0.15, 0.2) is 66.7 Å². The number of benzene rings is 3. The van der Waals surface area contributed by atoms with Gasteiger partial charge in [0.25, 0.3) is 0 Å². The van der Waals surface area contributed by atoms with Gasteiger partial charge in [-0.2, -0.15) is 5.26 Å². The van der Waals surface area contributed by atoms with Crippen molar-refractivity contribution in [3.05, 3.63) is 92.8 Å². The third kappa shape index (κ3) is 4.90. The Morgan fingerprint density at radius 2 is 1.82 bits per heavy atom. The zero-order chi connectivity index (χ0) is 19.9. The summed E-state index contributed by atoms with van der Waals surface area (Å²) < 4.78 is 26.5. The molecule has 3 aromatic rings. The molecular formula is C23H17FINO2. The fraction of sp³-hybridized carbons (Fsp3) is 0.0870. The highest BCUT2D eigenvalue weighted by Crippen LogP contribution is 2.31. The summed E-state index contributed by atoms with van der Waals surface area (Å²) in [6, 6.07) is 21.7. The van der Waals surface area contributed by atoms with Gasteiger partial charge in [-0.3, -0.25) is 0 Å². The smallest absolute Gasteiger partial charge is 0.161 e. The fourth-order valence-electron chi connectivity index (χ4n) is 2.65. The molecule has 5 heteroatoms. The van der Waals surface area contributed by atoms with Crippen LogP contribution in [-0.2, 0) is 6.61 Å². The standard InChI is InChI=1S/C23H17FINO2/c1-27-23-13-17(12-18(14-26)20-4-2-3-5-21(20)24)8-11-22(23)28-15-16-6-9-19(25)10-7-16/h2-13H,15H2,1H3. The molecule has 3 aromatic carbocycles. The topological polar surface area (TPSA) is 42.2 Å². The van der Waals surface area contributed by atoms with Gasteiger partial charge in [0.1, 0.15) is 12.4 Å². The van der Waals surface area contributed by atoms with Crippen molar-refractivity contribution in [2.45, 2.75) is 6.61 Å². The first kappa shape index (κ1) is 19.9. The molecule has 0 heterocycles. The van der Waals surface area contributed by atoms with Crippen LogP contribution in [0.25, 0.3) is 11.6 Å². The lowest BCUT2D eigenvalue weighted by Gasteiger charge is -2.12. The van der Waals surface area contributed by atoms with Gasteiger partial charge in [-0.1, -0.05) is 36.4 Å². The molecular weight excluding hydrogens is 468 g/mol. The molecule has 0 aliphatic carbocycles. The SMILES string of the molecule is COc1cc(C=C(C#N)c2ccccc2F)ccc1OCc1ccc(I)cc1. The van der Waals surface area contributed by atoms with Crippen molar-refractivity contribution in [1.82, 2.24) is 0 Å². The largest absolute Gasteiger partial charge is 0.493 e. The number of hydrogen-bond acceptors (Lipinski definition) is 3. The van der Waals surface area contributed by atoms with Crippen LogP contribution in [0.3, 0.4) is 0 Å². The quantitative estimate of drug-likeness (QED) is 0.242. The van der Waals surface area contributed by atoms with E-state index in [-0.39, 0.29) is 11.1 Å². The van der Waals surface area contributed by atoms with Crippen LogP contribution >= 0.6 is 22.6 Å². The number of halogens is 2. The first-order valence-electron chi connectivity index (χ1n) is 8.52. The second kappa shape index (κ2) is 9.38. The van der Waals surface area contributed by atoms with Crippen LogP contribution < -0.4 is 9.47 Å². The number of hydrogen-bond donors (Lipinski definition) is 0. The number of allylic oxidation sites excluding steroid dienone is 1. The third-order valence-electron chi connectivity index (χ3n) is 4.09. The van der Waals surface area contributed by atoms with Crippen molar-refractivity contribution in [2.75, 3.05) is 7.11 Å². The van der Waals surface area contributed by atoms with E-state index < -0.39 is 5.82 Å². The van der Waals surface area contributed by atoms with Crippen molar-refractivity contribution in [3.8, 4) is 17.6 Å². The Morgan fingerprint density at radius 1 is 1.07 bits per heavy atom. The van der Waals surface area contributed by atoms with Gasteiger partial charge in [0.15, 0.2) is 11.5 Å². The van der Waals surface area contributed by atoms with Crippen molar-refractivity contribution < 1.29 is 13.9 Å². The highest BCUT2D eigenvalue weighted by Gasteiger charge is 2.09. The van der Waals surface area contributed by atoms with E-state index in [0.717, 1.165) is 11.1 Å². The average molecular weight is 485 g/mol. The maximum Gasteiger partial charge on any atom is 0.161 e. The molecule has 0 N–H and O–H groups in total. The van der Waals surface area contributed by atoms with Crippen molar-refractivity contribution in [3.63, 3.8) is 0 Å². The highest BCUT2D eigenvalue weighted by atomic mass is 127. The van der Waals surface area contributed by atoms with Crippen LogP contribution in [0.1, 0.15) is 16.7 Å². The van der Waals surface area contributed by atoms with Gasteiger partial charge < -0.3 is 9.47 Å². The molecule has 0 bridgehead atoms. The van der Waals surface area contributed by atoms with Gasteiger partial charge in [0, 0.05) is 9.13 Å². The zero-order valence-corrected chi connectivity index (χ0v) is 17.3. The summed E-state index contributed by atoms with van der Waals surface area (Å²) in [5.74, 6) is 0.715. The van der Waals surface area contributed by atoms with E-state index in [0.29, 0.717) is 18.1 Å². The van der Waals surface area contributed by atoms with E-state index in [1.165, 1.54) is 9.64 Å². The summed E-state index contributed by atoms with van der Waals surface area (Å²) in [6.45, 7) is 0.418. The summed E-state index contributed by atoms with van der Waals surface area (Å²) in [5.41, 5.74) is 2.28. The Labute approximate surface area is 177 Å². The van der Waals surface area contributed by atoms with Crippen LogP contribution in [0.4, 0.5) is 4.39 Å². The molecule has 0 amide bonds. The van der Waals surface area contributed by atoms with Crippen molar-refractivity contribution in [2.24, 2.45) is 0 Å². The molecule has 28 heavy (non-hydrogen) atoms. The Kier molecular flexibility index (Phi) is 6.66. The lowest BCUT2D eigenvalue weighted by atomic mass is 10.0. The molecule has 0 saturated heterocycles. The summed E-state index contributed by atoms with van der Waals surface area (Å²) in [7, 11) is 1.56. The monoisotopic (exact) mass is 485 g/mol. The first-order valence-corrected chi connectivity index (χ1v) is 9.60. The molecule has 3 nitrogen and oxygen atoms in total. The van der Waals surface area contributed by atoms with Crippen LogP contribution in [-0.4, -0.2) is 7.11 Å². The predicted molar refractivity (Wildman–Crippen MR) is 116 cm³/mol. The van der Waals surface area contributed by atoms with E-state index in [2.05, 4.69) is 28.7 Å². The van der Waals surface area contributed by atoms with Crippen molar-refractivity contribution in [1.29, 1.82) is 5.26 Å². The van der Waals surface area contributed by atoms with Gasteiger partial charge in [-0.25, -0.2) is 4.39 Å². The molecule has 0 radical (unpaired) electrons. The van der Waals surface area contributed by atoms with E-state index in [4.69, 9.17) is 9.47 Å². The number of methoxy groups -OCH3 is 1. The molecule has 0 fully saturated rings. The lowest BCUT2D eigenvalue weighted by Crippen LogP contribution is -1.98. The molecule has 140 valence electrons. The molecule has 0 unspecified atom stereocenters. The second-order valence-electron chi connectivity index (χ2n) is 5.98. The summed E-state index contributed by atoms with van der Waals surface area (Å²) >= 11 is 2.26. The van der Waals surface area contributed by atoms with Crippen LogP contribution in [0.5, 0.6) is 11.5 Å². The van der Waals surface area contributed by atoms with E-state index in [1.807, 2.05) is 30.3 Å². The fourth-order valence-corrected chi connectivity index (χ4v) is 3.01. The predicted octanol–water partition coefficient (Wildman–Crippen LogP) is 6.08. The van der Waals surface area contributed by atoms with Crippen LogP contribution in [0.2, 0.25) is 0 Å². The first-order chi connectivity index (χ1) is 13.6. The Bertz CT molecular complexity index is 1040. The highest BCUT2D eigenvalue weighted by molar-refractivity contribution is 14.1. The van der Waals surface area contributed by atoms with Gasteiger partial charge >= 0.3 is 0 Å². The van der Waals surface area contributed by atoms with Gasteiger partial charge in [-0.05, 0) is 70.1 Å². The zero-order valence-electron chi connectivity index (χ0n) is 15.2. The molecule has 0 spiro atoms. The third-order valence-corrected chi connectivity index (χ3v) is 4.81.